The Bertz CT molecular complexity index is 693. The van der Waals surface area contributed by atoms with Crippen molar-refractivity contribution < 1.29 is 10.0 Å². The number of imidazole rings is 1. The highest BCUT2D eigenvalue weighted by Crippen LogP contribution is 2.16. The molecule has 0 saturated carbocycles. The van der Waals surface area contributed by atoms with E-state index in [4.69, 9.17) is 5.21 Å². The molecular formula is C18H26N4O2. The van der Waals surface area contributed by atoms with Crippen LogP contribution < -0.4 is 5.48 Å². The molecule has 1 aromatic carbocycles. The van der Waals surface area contributed by atoms with Gasteiger partial charge in [-0.2, -0.15) is 0 Å². The van der Waals surface area contributed by atoms with Crippen LogP contribution in [0.25, 0.3) is 17.1 Å². The number of hydrogen-bond acceptors (Lipinski definition) is 4. The number of hydroxylamine groups is 1. The molecule has 0 unspecified atom stereocenters. The summed E-state index contributed by atoms with van der Waals surface area (Å²) in [6.07, 6.45) is 7.25. The average molecular weight is 330 g/mol. The van der Waals surface area contributed by atoms with Gasteiger partial charge in [-0.05, 0) is 43.3 Å². The van der Waals surface area contributed by atoms with E-state index in [2.05, 4.69) is 28.3 Å². The van der Waals surface area contributed by atoms with Crippen molar-refractivity contribution in [2.24, 2.45) is 0 Å². The van der Waals surface area contributed by atoms with Crippen molar-refractivity contribution in [2.75, 3.05) is 19.6 Å². The number of nitrogens with one attached hydrogen (secondary N) is 1. The SMILES string of the molecule is CCCCN(CC)CCn1cnc2cc(/C=C/C(=O)NO)ccc21. The van der Waals surface area contributed by atoms with Crippen molar-refractivity contribution in [3.05, 3.63) is 36.2 Å². The summed E-state index contributed by atoms with van der Waals surface area (Å²) in [4.78, 5) is 17.9. The zero-order valence-corrected chi connectivity index (χ0v) is 14.4. The lowest BCUT2D eigenvalue weighted by molar-refractivity contribution is -0.124. The largest absolute Gasteiger partial charge is 0.329 e. The zero-order valence-electron chi connectivity index (χ0n) is 14.4. The Morgan fingerprint density at radius 1 is 1.38 bits per heavy atom. The molecule has 0 saturated heterocycles. The molecule has 0 radical (unpaired) electrons. The van der Waals surface area contributed by atoms with Crippen molar-refractivity contribution in [3.8, 4) is 0 Å². The van der Waals surface area contributed by atoms with Gasteiger partial charge in [-0.25, -0.2) is 10.5 Å². The van der Waals surface area contributed by atoms with E-state index in [1.54, 1.807) is 11.6 Å². The Morgan fingerprint density at radius 3 is 2.92 bits per heavy atom. The summed E-state index contributed by atoms with van der Waals surface area (Å²) < 4.78 is 2.16. The summed E-state index contributed by atoms with van der Waals surface area (Å²) in [7, 11) is 0. The highest BCUT2D eigenvalue weighted by atomic mass is 16.5. The van der Waals surface area contributed by atoms with Crippen molar-refractivity contribution >= 4 is 23.0 Å². The quantitative estimate of drug-likeness (QED) is 0.421. The molecule has 6 nitrogen and oxygen atoms in total. The van der Waals surface area contributed by atoms with E-state index < -0.39 is 5.91 Å². The number of carbonyl (C=O) groups is 1. The maximum Gasteiger partial charge on any atom is 0.267 e. The van der Waals surface area contributed by atoms with Gasteiger partial charge in [-0.15, -0.1) is 0 Å². The normalized spacial score (nSPS) is 11.7. The Morgan fingerprint density at radius 2 is 2.21 bits per heavy atom. The third-order valence-corrected chi connectivity index (χ3v) is 4.11. The Labute approximate surface area is 142 Å². The summed E-state index contributed by atoms with van der Waals surface area (Å²) in [5.74, 6) is -0.549. The van der Waals surface area contributed by atoms with Crippen molar-refractivity contribution in [1.82, 2.24) is 19.9 Å². The van der Waals surface area contributed by atoms with E-state index in [0.29, 0.717) is 0 Å². The molecule has 0 aliphatic heterocycles. The molecular weight excluding hydrogens is 304 g/mol. The fourth-order valence-electron chi connectivity index (χ4n) is 2.63. The van der Waals surface area contributed by atoms with E-state index in [1.807, 2.05) is 24.5 Å². The fraction of sp³-hybridized carbons (Fsp3) is 0.444. The first-order valence-electron chi connectivity index (χ1n) is 8.47. The number of fused-ring (bicyclic) bond motifs is 1. The van der Waals surface area contributed by atoms with Gasteiger partial charge in [-0.1, -0.05) is 26.3 Å². The predicted octanol–water partition coefficient (Wildman–Crippen LogP) is 2.68. The monoisotopic (exact) mass is 330 g/mol. The maximum atomic E-state index is 11.0. The predicted molar refractivity (Wildman–Crippen MR) is 95.7 cm³/mol. The first kappa shape index (κ1) is 18.2. The fourth-order valence-corrected chi connectivity index (χ4v) is 2.63. The smallest absolute Gasteiger partial charge is 0.267 e. The minimum Gasteiger partial charge on any atom is -0.329 e. The molecule has 2 aromatic rings. The second-order valence-electron chi connectivity index (χ2n) is 5.78. The third-order valence-electron chi connectivity index (χ3n) is 4.11. The Balaban J connectivity index is 2.05. The van der Waals surface area contributed by atoms with Crippen LogP contribution in [0.3, 0.4) is 0 Å². The number of rotatable bonds is 9. The van der Waals surface area contributed by atoms with E-state index in [9.17, 15) is 4.79 Å². The molecule has 24 heavy (non-hydrogen) atoms. The summed E-state index contributed by atoms with van der Waals surface area (Å²) in [6.45, 7) is 8.54. The molecule has 0 aliphatic carbocycles. The highest BCUT2D eigenvalue weighted by molar-refractivity contribution is 5.91. The van der Waals surface area contributed by atoms with Gasteiger partial charge in [0.2, 0.25) is 0 Å². The summed E-state index contributed by atoms with van der Waals surface area (Å²) in [5.41, 5.74) is 4.43. The first-order valence-corrected chi connectivity index (χ1v) is 8.47. The summed E-state index contributed by atoms with van der Waals surface area (Å²) in [6, 6.07) is 5.89. The molecule has 0 bridgehead atoms. The molecule has 130 valence electrons. The molecule has 0 aliphatic rings. The second-order valence-corrected chi connectivity index (χ2v) is 5.78. The van der Waals surface area contributed by atoms with Gasteiger partial charge in [0.05, 0.1) is 17.4 Å². The van der Waals surface area contributed by atoms with Crippen molar-refractivity contribution in [1.29, 1.82) is 0 Å². The zero-order chi connectivity index (χ0) is 17.4. The number of unbranched alkanes of at least 4 members (excludes halogenated alkanes) is 1. The van der Waals surface area contributed by atoms with Gasteiger partial charge in [0.15, 0.2) is 0 Å². The lowest BCUT2D eigenvalue weighted by atomic mass is 10.2. The van der Waals surface area contributed by atoms with Gasteiger partial charge in [0, 0.05) is 19.2 Å². The molecule has 0 fully saturated rings. The van der Waals surface area contributed by atoms with Crippen molar-refractivity contribution in [3.63, 3.8) is 0 Å². The molecule has 1 amide bonds. The van der Waals surface area contributed by atoms with Gasteiger partial charge in [-0.3, -0.25) is 10.0 Å². The minimum atomic E-state index is -0.549. The number of amides is 1. The highest BCUT2D eigenvalue weighted by Gasteiger charge is 2.06. The number of hydrogen-bond donors (Lipinski definition) is 2. The summed E-state index contributed by atoms with van der Waals surface area (Å²) >= 11 is 0. The Hall–Kier alpha value is -2.18. The van der Waals surface area contributed by atoms with Crippen LogP contribution in [0.2, 0.25) is 0 Å². The van der Waals surface area contributed by atoms with Gasteiger partial charge in [0.25, 0.3) is 5.91 Å². The lowest BCUT2D eigenvalue weighted by Crippen LogP contribution is -2.28. The molecule has 1 heterocycles. The number of likely N-dealkylation sites (N-methyl/N-ethyl adjacent to an activating group) is 1. The second kappa shape index (κ2) is 9.20. The van der Waals surface area contributed by atoms with E-state index in [0.717, 1.165) is 42.8 Å². The van der Waals surface area contributed by atoms with Crippen LogP contribution in [0.5, 0.6) is 0 Å². The number of carbonyl (C=O) groups excluding carboxylic acids is 1. The van der Waals surface area contributed by atoms with Crippen LogP contribution in [0.15, 0.2) is 30.6 Å². The molecule has 1 aromatic heterocycles. The van der Waals surface area contributed by atoms with E-state index in [-0.39, 0.29) is 0 Å². The van der Waals surface area contributed by atoms with Crippen LogP contribution >= 0.6 is 0 Å². The maximum absolute atomic E-state index is 11.0. The van der Waals surface area contributed by atoms with Crippen LogP contribution in [0.1, 0.15) is 32.3 Å². The van der Waals surface area contributed by atoms with Crippen LogP contribution in [0, 0.1) is 0 Å². The van der Waals surface area contributed by atoms with Crippen LogP contribution in [0.4, 0.5) is 0 Å². The number of aromatic nitrogens is 2. The standard InChI is InChI=1S/C18H26N4O2/c1-3-5-10-21(4-2)11-12-22-14-19-16-13-15(6-8-17(16)22)7-9-18(23)20-24/h6-9,13-14,24H,3-5,10-12H2,1-2H3,(H,20,23)/b9-7+. The minimum absolute atomic E-state index is 0.549. The molecule has 2 rings (SSSR count). The summed E-state index contributed by atoms with van der Waals surface area (Å²) in [5, 5.41) is 8.50. The molecule has 2 N–H and O–H groups in total. The van der Waals surface area contributed by atoms with Gasteiger partial charge >= 0.3 is 0 Å². The third kappa shape index (κ3) is 4.91. The topological polar surface area (TPSA) is 70.4 Å². The first-order chi connectivity index (χ1) is 11.7. The molecule has 0 spiro atoms. The van der Waals surface area contributed by atoms with Crippen LogP contribution in [-0.2, 0) is 11.3 Å². The average Bonchev–Trinajstić information content (AvgIpc) is 3.02. The molecule has 6 heteroatoms. The lowest BCUT2D eigenvalue weighted by Gasteiger charge is -2.20. The van der Waals surface area contributed by atoms with E-state index in [1.165, 1.54) is 18.9 Å². The Kier molecular flexibility index (Phi) is 6.96. The van der Waals surface area contributed by atoms with E-state index >= 15 is 0 Å². The number of benzene rings is 1. The van der Waals surface area contributed by atoms with Crippen molar-refractivity contribution in [2.45, 2.75) is 33.2 Å². The molecule has 0 atom stereocenters. The van der Waals surface area contributed by atoms with Gasteiger partial charge < -0.3 is 9.47 Å². The number of nitrogens with zero attached hydrogens (tertiary/aromatic N) is 3. The van der Waals surface area contributed by atoms with Crippen LogP contribution in [-0.4, -0.2) is 45.2 Å². The van der Waals surface area contributed by atoms with Gasteiger partial charge in [0.1, 0.15) is 0 Å².